The highest BCUT2D eigenvalue weighted by atomic mass is 16.3. The number of nitrogens with one attached hydrogen (secondary N) is 2. The molecule has 0 bridgehead atoms. The first kappa shape index (κ1) is 29.8. The number of rotatable bonds is 8. The summed E-state index contributed by atoms with van der Waals surface area (Å²) in [4.78, 5) is 15.7. The molecule has 5 heteroatoms. The molecular formula is C35H47N3O2. The number of fused-ring (bicyclic) bond motifs is 2. The average Bonchev–Trinajstić information content (AvgIpc) is 2.89. The number of amides is 1. The molecule has 0 radical (unpaired) electrons. The van der Waals surface area contributed by atoms with Crippen LogP contribution in [0.25, 0.3) is 16.5 Å². The third-order valence-corrected chi connectivity index (χ3v) is 8.00. The van der Waals surface area contributed by atoms with E-state index in [0.717, 1.165) is 52.7 Å². The van der Waals surface area contributed by atoms with E-state index in [1.165, 1.54) is 11.1 Å². The van der Waals surface area contributed by atoms with Crippen molar-refractivity contribution in [3.63, 3.8) is 0 Å². The first-order valence-corrected chi connectivity index (χ1v) is 14.5. The molecule has 1 aliphatic heterocycles. The van der Waals surface area contributed by atoms with Crippen molar-refractivity contribution < 1.29 is 9.90 Å². The fraction of sp³-hybridized carbons (Fsp3) is 0.457. The minimum atomic E-state index is -0.550. The number of nitrogens with zero attached hydrogens (tertiary/aromatic N) is 1. The summed E-state index contributed by atoms with van der Waals surface area (Å²) in [7, 11) is 2.10. The number of hydrogen-bond acceptors (Lipinski definition) is 4. The van der Waals surface area contributed by atoms with Crippen molar-refractivity contribution in [1.82, 2.24) is 15.5 Å². The highest BCUT2D eigenvalue weighted by Crippen LogP contribution is 2.33. The SMILES string of the molecule is C=C(c1c(CC(O)CCc2ccc3ccccc3c2C(=O)NC(C)(C)C)ccc2c1CNCC2)N(C)C(C)(C)C. The van der Waals surface area contributed by atoms with E-state index in [0.29, 0.717) is 24.8 Å². The van der Waals surface area contributed by atoms with Gasteiger partial charge in [-0.2, -0.15) is 0 Å². The predicted molar refractivity (Wildman–Crippen MR) is 168 cm³/mol. The molecule has 0 spiro atoms. The Kier molecular flexibility index (Phi) is 8.77. The summed E-state index contributed by atoms with van der Waals surface area (Å²) >= 11 is 0. The maximum Gasteiger partial charge on any atom is 0.252 e. The molecule has 3 N–H and O–H groups in total. The molecule has 1 unspecified atom stereocenters. The van der Waals surface area contributed by atoms with E-state index < -0.39 is 6.10 Å². The number of carbonyl (C=O) groups is 1. The number of aryl methyl sites for hydroxylation is 1. The minimum Gasteiger partial charge on any atom is -0.393 e. The molecule has 0 saturated carbocycles. The van der Waals surface area contributed by atoms with Crippen LogP contribution >= 0.6 is 0 Å². The summed E-state index contributed by atoms with van der Waals surface area (Å²) < 4.78 is 0. The highest BCUT2D eigenvalue weighted by molar-refractivity contribution is 6.08. The van der Waals surface area contributed by atoms with Crippen molar-refractivity contribution in [3.05, 3.63) is 88.5 Å². The van der Waals surface area contributed by atoms with Crippen molar-refractivity contribution in [3.8, 4) is 0 Å². The van der Waals surface area contributed by atoms with Crippen LogP contribution in [0.1, 0.15) is 86.1 Å². The van der Waals surface area contributed by atoms with E-state index in [4.69, 9.17) is 0 Å². The maximum atomic E-state index is 13.4. The molecule has 3 aromatic rings. The Morgan fingerprint density at radius 1 is 1.02 bits per heavy atom. The first-order chi connectivity index (χ1) is 18.8. The molecule has 4 rings (SSSR count). The molecule has 0 aromatic heterocycles. The molecule has 0 saturated heterocycles. The van der Waals surface area contributed by atoms with E-state index in [-0.39, 0.29) is 17.0 Å². The predicted octanol–water partition coefficient (Wildman–Crippen LogP) is 6.25. The van der Waals surface area contributed by atoms with Crippen LogP contribution < -0.4 is 10.6 Å². The van der Waals surface area contributed by atoms with Crippen LogP contribution in [0, 0.1) is 0 Å². The van der Waals surface area contributed by atoms with Gasteiger partial charge in [-0.15, -0.1) is 0 Å². The number of benzene rings is 3. The zero-order valence-corrected chi connectivity index (χ0v) is 25.4. The molecule has 1 aliphatic rings. The lowest BCUT2D eigenvalue weighted by molar-refractivity contribution is 0.0919. The van der Waals surface area contributed by atoms with Gasteiger partial charge in [0.05, 0.1) is 11.7 Å². The molecule has 5 nitrogen and oxygen atoms in total. The second-order valence-electron chi connectivity index (χ2n) is 13.3. The standard InChI is InChI=1S/C35H47N3O2/c1-23(38(8)35(5,6)7)31-27(16-14-25-19-20-36-22-30(25)31)21-28(39)18-17-26-15-13-24-11-9-10-12-29(24)32(26)33(40)37-34(2,3)4/h9-16,28,36,39H,1,17-22H2,2-8H3,(H,37,40). The molecule has 40 heavy (non-hydrogen) atoms. The van der Waals surface area contributed by atoms with Crippen molar-refractivity contribution in [2.75, 3.05) is 13.6 Å². The van der Waals surface area contributed by atoms with E-state index in [1.807, 2.05) is 51.1 Å². The van der Waals surface area contributed by atoms with Crippen molar-refractivity contribution >= 4 is 22.4 Å². The Hall–Kier alpha value is -3.15. The second kappa shape index (κ2) is 11.8. The van der Waals surface area contributed by atoms with Crippen molar-refractivity contribution in [1.29, 1.82) is 0 Å². The Morgan fingerprint density at radius 2 is 1.73 bits per heavy atom. The van der Waals surface area contributed by atoms with Gasteiger partial charge in [-0.25, -0.2) is 0 Å². The van der Waals surface area contributed by atoms with Crippen LogP contribution in [0.3, 0.4) is 0 Å². The Balaban J connectivity index is 1.61. The highest BCUT2D eigenvalue weighted by Gasteiger charge is 2.26. The third kappa shape index (κ3) is 6.76. The van der Waals surface area contributed by atoms with Gasteiger partial charge in [0.15, 0.2) is 0 Å². The monoisotopic (exact) mass is 541 g/mol. The topological polar surface area (TPSA) is 64.6 Å². The van der Waals surface area contributed by atoms with Gasteiger partial charge in [0.1, 0.15) is 0 Å². The van der Waals surface area contributed by atoms with Gasteiger partial charge < -0.3 is 20.6 Å². The van der Waals surface area contributed by atoms with Gasteiger partial charge in [-0.1, -0.05) is 55.1 Å². The fourth-order valence-electron chi connectivity index (χ4n) is 5.59. The quantitative estimate of drug-likeness (QED) is 0.315. The van der Waals surface area contributed by atoms with Gasteiger partial charge >= 0.3 is 0 Å². The average molecular weight is 542 g/mol. The number of hydrogen-bond donors (Lipinski definition) is 3. The van der Waals surface area contributed by atoms with Gasteiger partial charge in [-0.05, 0) is 107 Å². The molecule has 1 atom stereocenters. The Morgan fingerprint density at radius 3 is 2.42 bits per heavy atom. The number of aliphatic hydroxyl groups is 1. The van der Waals surface area contributed by atoms with E-state index in [9.17, 15) is 9.90 Å². The summed E-state index contributed by atoms with van der Waals surface area (Å²) in [6, 6.07) is 16.5. The normalized spacial score (nSPS) is 14.5. The first-order valence-electron chi connectivity index (χ1n) is 14.5. The molecular weight excluding hydrogens is 494 g/mol. The lowest BCUT2D eigenvalue weighted by atomic mass is 9.86. The smallest absolute Gasteiger partial charge is 0.252 e. The molecule has 214 valence electrons. The maximum absolute atomic E-state index is 13.4. The molecule has 0 fully saturated rings. The van der Waals surface area contributed by atoms with E-state index in [1.54, 1.807) is 0 Å². The molecule has 3 aromatic carbocycles. The van der Waals surface area contributed by atoms with Crippen molar-refractivity contribution in [2.24, 2.45) is 0 Å². The third-order valence-electron chi connectivity index (χ3n) is 8.00. The molecule has 1 amide bonds. The van der Waals surface area contributed by atoms with Crippen molar-refractivity contribution in [2.45, 2.75) is 91.0 Å². The number of aliphatic hydroxyl groups excluding tert-OH is 1. The van der Waals surface area contributed by atoms with Gasteiger partial charge in [0, 0.05) is 35.9 Å². The van der Waals surface area contributed by atoms with Gasteiger partial charge in [0.2, 0.25) is 0 Å². The molecule has 0 aliphatic carbocycles. The largest absolute Gasteiger partial charge is 0.393 e. The van der Waals surface area contributed by atoms with Crippen LogP contribution in [0.4, 0.5) is 0 Å². The summed E-state index contributed by atoms with van der Waals surface area (Å²) in [5, 5.41) is 20.0. The minimum absolute atomic E-state index is 0.0696. The zero-order valence-electron chi connectivity index (χ0n) is 25.4. The van der Waals surface area contributed by atoms with E-state index in [2.05, 4.69) is 68.1 Å². The van der Waals surface area contributed by atoms with Crippen LogP contribution in [0.5, 0.6) is 0 Å². The Labute approximate surface area is 240 Å². The van der Waals surface area contributed by atoms with Crippen LogP contribution in [-0.2, 0) is 25.8 Å². The van der Waals surface area contributed by atoms with Gasteiger partial charge in [-0.3, -0.25) is 4.79 Å². The lowest BCUT2D eigenvalue weighted by Gasteiger charge is -2.38. The van der Waals surface area contributed by atoms with Crippen LogP contribution in [-0.4, -0.2) is 46.7 Å². The lowest BCUT2D eigenvalue weighted by Crippen LogP contribution is -2.41. The van der Waals surface area contributed by atoms with Crippen LogP contribution in [0.2, 0.25) is 0 Å². The summed E-state index contributed by atoms with van der Waals surface area (Å²) in [5.41, 5.74) is 7.20. The molecule has 1 heterocycles. The summed E-state index contributed by atoms with van der Waals surface area (Å²) in [6.07, 6.45) is 2.16. The number of carbonyl (C=O) groups excluding carboxylic acids is 1. The second-order valence-corrected chi connectivity index (χ2v) is 13.3. The summed E-state index contributed by atoms with van der Waals surface area (Å²) in [6.45, 7) is 18.9. The Bertz CT molecular complexity index is 1390. The van der Waals surface area contributed by atoms with E-state index >= 15 is 0 Å². The fourth-order valence-corrected chi connectivity index (χ4v) is 5.59. The van der Waals surface area contributed by atoms with Crippen LogP contribution in [0.15, 0.2) is 55.1 Å². The van der Waals surface area contributed by atoms with Gasteiger partial charge in [0.25, 0.3) is 5.91 Å². The summed E-state index contributed by atoms with van der Waals surface area (Å²) in [5.74, 6) is -0.0696. The zero-order chi connectivity index (χ0) is 29.2.